The molecular formula is C13H19N3O2S. The molecule has 5 nitrogen and oxygen atoms in total. The first-order valence-corrected chi connectivity index (χ1v) is 6.45. The van der Waals surface area contributed by atoms with Gasteiger partial charge < -0.3 is 21.1 Å². The SMILES string of the molecule is CCC(CC(N)=S)NC(=O)Nc1ccc(OC)cc1. The molecule has 0 saturated heterocycles. The number of rotatable bonds is 6. The molecule has 0 bridgehead atoms. The van der Waals surface area contributed by atoms with Crippen molar-refractivity contribution in [3.63, 3.8) is 0 Å². The van der Waals surface area contributed by atoms with Crippen LogP contribution in [0.15, 0.2) is 24.3 Å². The maximum atomic E-state index is 11.8. The number of methoxy groups -OCH3 is 1. The molecule has 19 heavy (non-hydrogen) atoms. The van der Waals surface area contributed by atoms with Crippen molar-refractivity contribution >= 4 is 28.9 Å². The van der Waals surface area contributed by atoms with Crippen LogP contribution in [0.2, 0.25) is 0 Å². The minimum absolute atomic E-state index is 0.0456. The lowest BCUT2D eigenvalue weighted by Crippen LogP contribution is -2.39. The van der Waals surface area contributed by atoms with Crippen molar-refractivity contribution in [3.05, 3.63) is 24.3 Å². The van der Waals surface area contributed by atoms with Crippen LogP contribution in [0.5, 0.6) is 5.75 Å². The van der Waals surface area contributed by atoms with Crippen LogP contribution in [0.3, 0.4) is 0 Å². The normalized spacial score (nSPS) is 11.5. The Morgan fingerprint density at radius 1 is 1.42 bits per heavy atom. The fraction of sp³-hybridized carbons (Fsp3) is 0.385. The summed E-state index contributed by atoms with van der Waals surface area (Å²) in [6.07, 6.45) is 1.27. The molecule has 0 heterocycles. The molecule has 1 aromatic rings. The zero-order chi connectivity index (χ0) is 14.3. The number of urea groups is 1. The van der Waals surface area contributed by atoms with E-state index in [1.807, 2.05) is 6.92 Å². The number of hydrogen-bond acceptors (Lipinski definition) is 3. The van der Waals surface area contributed by atoms with Crippen LogP contribution >= 0.6 is 12.2 Å². The van der Waals surface area contributed by atoms with Crippen molar-refractivity contribution in [3.8, 4) is 5.75 Å². The summed E-state index contributed by atoms with van der Waals surface area (Å²) in [5, 5.41) is 5.57. The molecule has 0 aromatic heterocycles. The number of ether oxygens (including phenoxy) is 1. The van der Waals surface area contributed by atoms with Gasteiger partial charge in [0.2, 0.25) is 0 Å². The smallest absolute Gasteiger partial charge is 0.319 e. The van der Waals surface area contributed by atoms with Crippen molar-refractivity contribution in [2.45, 2.75) is 25.8 Å². The zero-order valence-corrected chi connectivity index (χ0v) is 11.9. The maximum absolute atomic E-state index is 11.8. The summed E-state index contributed by atoms with van der Waals surface area (Å²) in [5.74, 6) is 0.742. The van der Waals surface area contributed by atoms with Gasteiger partial charge in [0.25, 0.3) is 0 Å². The third kappa shape index (κ3) is 5.56. The highest BCUT2D eigenvalue weighted by Crippen LogP contribution is 2.14. The molecular weight excluding hydrogens is 262 g/mol. The van der Waals surface area contributed by atoms with Crippen LogP contribution < -0.4 is 21.1 Å². The van der Waals surface area contributed by atoms with Gasteiger partial charge in [-0.15, -0.1) is 0 Å². The van der Waals surface area contributed by atoms with Crippen molar-refractivity contribution in [1.82, 2.24) is 5.32 Å². The highest BCUT2D eigenvalue weighted by molar-refractivity contribution is 7.80. The number of amides is 2. The van der Waals surface area contributed by atoms with Gasteiger partial charge in [0.05, 0.1) is 12.1 Å². The predicted molar refractivity (Wildman–Crippen MR) is 80.6 cm³/mol. The van der Waals surface area contributed by atoms with E-state index < -0.39 is 0 Å². The van der Waals surface area contributed by atoms with E-state index in [1.54, 1.807) is 31.4 Å². The summed E-state index contributed by atoms with van der Waals surface area (Å²) in [6, 6.07) is 6.79. The number of carbonyl (C=O) groups excluding carboxylic acids is 1. The Morgan fingerprint density at radius 2 is 2.05 bits per heavy atom. The molecule has 0 aliphatic rings. The number of thiocarbonyl (C=S) groups is 1. The van der Waals surface area contributed by atoms with E-state index in [1.165, 1.54) is 0 Å². The zero-order valence-electron chi connectivity index (χ0n) is 11.1. The summed E-state index contributed by atoms with van der Waals surface area (Å²) >= 11 is 4.84. The van der Waals surface area contributed by atoms with Gasteiger partial charge in [-0.05, 0) is 30.7 Å². The Morgan fingerprint density at radius 3 is 2.53 bits per heavy atom. The molecule has 1 unspecified atom stereocenters. The van der Waals surface area contributed by atoms with Gasteiger partial charge in [0.1, 0.15) is 5.75 Å². The van der Waals surface area contributed by atoms with Crippen molar-refractivity contribution < 1.29 is 9.53 Å². The first kappa shape index (κ1) is 15.2. The Hall–Kier alpha value is -1.82. The van der Waals surface area contributed by atoms with Crippen molar-refractivity contribution in [1.29, 1.82) is 0 Å². The largest absolute Gasteiger partial charge is 0.497 e. The summed E-state index contributed by atoms with van der Waals surface area (Å²) in [4.78, 5) is 12.2. The van der Waals surface area contributed by atoms with Crippen molar-refractivity contribution in [2.24, 2.45) is 5.73 Å². The Bertz CT molecular complexity index is 434. The highest BCUT2D eigenvalue weighted by atomic mass is 32.1. The van der Waals surface area contributed by atoms with Gasteiger partial charge in [-0.25, -0.2) is 4.79 Å². The number of nitrogens with two attached hydrogens (primary N) is 1. The summed E-state index contributed by atoms with van der Waals surface area (Å²) in [5.41, 5.74) is 6.17. The number of nitrogens with one attached hydrogen (secondary N) is 2. The lowest BCUT2D eigenvalue weighted by molar-refractivity contribution is 0.248. The van der Waals surface area contributed by atoms with E-state index in [2.05, 4.69) is 10.6 Å². The highest BCUT2D eigenvalue weighted by Gasteiger charge is 2.11. The Labute approximate surface area is 118 Å². The average Bonchev–Trinajstić information content (AvgIpc) is 2.38. The molecule has 1 aromatic carbocycles. The third-order valence-corrected chi connectivity index (χ3v) is 2.79. The molecule has 0 radical (unpaired) electrons. The minimum Gasteiger partial charge on any atom is -0.497 e. The Kier molecular flexibility index (Phi) is 6.08. The van der Waals surface area contributed by atoms with Crippen molar-refractivity contribution in [2.75, 3.05) is 12.4 Å². The first-order chi connectivity index (χ1) is 9.05. The molecule has 2 amide bonds. The molecule has 0 saturated carbocycles. The van der Waals surface area contributed by atoms with Crippen LogP contribution in [-0.4, -0.2) is 24.2 Å². The number of anilines is 1. The third-order valence-electron chi connectivity index (χ3n) is 2.62. The van der Waals surface area contributed by atoms with Gasteiger partial charge in [-0.2, -0.15) is 0 Å². The lowest BCUT2D eigenvalue weighted by atomic mass is 10.1. The second kappa shape index (κ2) is 7.58. The number of hydrogen-bond donors (Lipinski definition) is 3. The minimum atomic E-state index is -0.270. The molecule has 4 N–H and O–H groups in total. The fourth-order valence-electron chi connectivity index (χ4n) is 1.57. The van der Waals surface area contributed by atoms with Gasteiger partial charge in [0, 0.05) is 18.2 Å². The van der Waals surface area contributed by atoms with Crippen LogP contribution in [-0.2, 0) is 0 Å². The number of benzene rings is 1. The number of carbonyl (C=O) groups is 1. The van der Waals surface area contributed by atoms with Crippen LogP contribution in [0.1, 0.15) is 19.8 Å². The van der Waals surface area contributed by atoms with Crippen LogP contribution in [0.25, 0.3) is 0 Å². The molecule has 1 atom stereocenters. The fourth-order valence-corrected chi connectivity index (χ4v) is 1.77. The average molecular weight is 281 g/mol. The van der Waals surface area contributed by atoms with E-state index in [4.69, 9.17) is 22.7 Å². The lowest BCUT2D eigenvalue weighted by Gasteiger charge is -2.16. The van der Waals surface area contributed by atoms with Crippen LogP contribution in [0.4, 0.5) is 10.5 Å². The summed E-state index contributed by atoms with van der Waals surface area (Å²) in [7, 11) is 1.59. The molecule has 1 rings (SSSR count). The van der Waals surface area contributed by atoms with Gasteiger partial charge >= 0.3 is 6.03 Å². The van der Waals surface area contributed by atoms with Gasteiger partial charge in [0.15, 0.2) is 0 Å². The molecule has 0 aliphatic heterocycles. The Balaban J connectivity index is 2.51. The summed E-state index contributed by atoms with van der Waals surface area (Å²) in [6.45, 7) is 1.97. The second-order valence-corrected chi connectivity index (χ2v) is 4.63. The molecule has 0 aliphatic carbocycles. The van der Waals surface area contributed by atoms with E-state index in [9.17, 15) is 4.79 Å². The van der Waals surface area contributed by atoms with E-state index in [0.717, 1.165) is 12.2 Å². The van der Waals surface area contributed by atoms with Gasteiger partial charge in [-0.1, -0.05) is 19.1 Å². The molecule has 0 fully saturated rings. The topological polar surface area (TPSA) is 76.4 Å². The first-order valence-electron chi connectivity index (χ1n) is 6.05. The quantitative estimate of drug-likeness (QED) is 0.699. The maximum Gasteiger partial charge on any atom is 0.319 e. The van der Waals surface area contributed by atoms with E-state index >= 15 is 0 Å². The monoisotopic (exact) mass is 281 g/mol. The standard InChI is InChI=1S/C13H19N3O2S/c1-3-9(8-12(14)19)15-13(17)16-10-4-6-11(18-2)7-5-10/h4-7,9H,3,8H2,1-2H3,(H2,14,19)(H2,15,16,17). The molecule has 0 spiro atoms. The molecule has 104 valence electrons. The van der Waals surface area contributed by atoms with Gasteiger partial charge in [-0.3, -0.25) is 0 Å². The van der Waals surface area contributed by atoms with E-state index in [0.29, 0.717) is 17.1 Å². The second-order valence-electron chi connectivity index (χ2n) is 4.10. The predicted octanol–water partition coefficient (Wildman–Crippen LogP) is 2.27. The van der Waals surface area contributed by atoms with E-state index in [-0.39, 0.29) is 12.1 Å². The summed E-state index contributed by atoms with van der Waals surface area (Å²) < 4.78 is 5.04. The van der Waals surface area contributed by atoms with Crippen LogP contribution in [0, 0.1) is 0 Å². The molecule has 6 heteroatoms.